The van der Waals surface area contributed by atoms with E-state index in [2.05, 4.69) is 36.2 Å². The topological polar surface area (TPSA) is 137 Å². The highest BCUT2D eigenvalue weighted by Gasteiger charge is 2.20. The molecule has 3 N–H and O–H groups in total. The molecule has 0 spiro atoms. The fraction of sp³-hybridized carbons (Fsp3) is 0.269. The number of carbonyl (C=O) groups is 1. The van der Waals surface area contributed by atoms with E-state index in [0.29, 0.717) is 22.2 Å². The van der Waals surface area contributed by atoms with Gasteiger partial charge in [-0.2, -0.15) is 0 Å². The first kappa shape index (κ1) is 28.7. The number of halogens is 1. The fourth-order valence-electron chi connectivity index (χ4n) is 4.04. The molecule has 0 unspecified atom stereocenters. The van der Waals surface area contributed by atoms with Crippen LogP contribution >= 0.6 is 19.4 Å². The van der Waals surface area contributed by atoms with Crippen molar-refractivity contribution in [3.63, 3.8) is 0 Å². The van der Waals surface area contributed by atoms with Gasteiger partial charge in [-0.1, -0.05) is 36.4 Å². The number of phosphoric acid groups is 1. The Morgan fingerprint density at radius 3 is 2.69 bits per heavy atom. The van der Waals surface area contributed by atoms with E-state index in [1.807, 2.05) is 43.4 Å². The molecular formula is C26H29ClN5O6P. The molecule has 1 fully saturated rings. The molecule has 3 aromatic rings. The van der Waals surface area contributed by atoms with Gasteiger partial charge in [-0.15, -0.1) is 0 Å². The van der Waals surface area contributed by atoms with Crippen molar-refractivity contribution in [2.75, 3.05) is 50.2 Å². The van der Waals surface area contributed by atoms with Crippen molar-refractivity contribution in [3.05, 3.63) is 71.9 Å². The summed E-state index contributed by atoms with van der Waals surface area (Å²) in [6.45, 7) is 6.15. The van der Waals surface area contributed by atoms with Gasteiger partial charge >= 0.3 is 7.82 Å². The normalized spacial score (nSPS) is 14.2. The maximum absolute atomic E-state index is 11.8. The molecule has 1 aliphatic rings. The Hall–Kier alpha value is -3.31. The Morgan fingerprint density at radius 1 is 1.21 bits per heavy atom. The molecule has 0 saturated carbocycles. The van der Waals surface area contributed by atoms with Crippen molar-refractivity contribution < 1.29 is 28.4 Å². The molecule has 1 aliphatic heterocycles. The number of benzene rings is 2. The average molecular weight is 574 g/mol. The van der Waals surface area contributed by atoms with E-state index in [9.17, 15) is 9.36 Å². The summed E-state index contributed by atoms with van der Waals surface area (Å²) in [5.41, 5.74) is 3.37. The zero-order valence-corrected chi connectivity index (χ0v) is 22.9. The largest absolute Gasteiger partial charge is 0.472 e. The second-order valence-corrected chi connectivity index (χ2v) is 10.6. The Balaban J connectivity index is 1.58. The summed E-state index contributed by atoms with van der Waals surface area (Å²) in [5.74, 6) is 0.561. The van der Waals surface area contributed by atoms with E-state index in [-0.39, 0.29) is 18.2 Å². The first-order chi connectivity index (χ1) is 18.6. The molecular weight excluding hydrogens is 545 g/mol. The zero-order chi connectivity index (χ0) is 28.0. The third-order valence-electron chi connectivity index (χ3n) is 6.05. The molecule has 11 nitrogen and oxygen atoms in total. The minimum absolute atomic E-state index is 0.0903. The number of piperazine rings is 1. The number of aromatic nitrogens is 2. The molecule has 0 aliphatic carbocycles. The third kappa shape index (κ3) is 8.09. The van der Waals surface area contributed by atoms with E-state index >= 15 is 0 Å². The van der Waals surface area contributed by atoms with Gasteiger partial charge in [-0.25, -0.2) is 19.1 Å². The number of ketones is 1. The minimum Gasteiger partial charge on any atom is -0.465 e. The summed E-state index contributed by atoms with van der Waals surface area (Å²) in [4.78, 5) is 43.1. The second-order valence-electron chi connectivity index (χ2n) is 8.92. The quantitative estimate of drug-likeness (QED) is 0.174. The average Bonchev–Trinajstić information content (AvgIpc) is 2.90. The van der Waals surface area contributed by atoms with Crippen molar-refractivity contribution in [3.8, 4) is 17.0 Å². The number of allylic oxidation sites excluding steroid dienone is 1. The van der Waals surface area contributed by atoms with E-state index in [1.54, 1.807) is 6.07 Å². The lowest BCUT2D eigenvalue weighted by Crippen LogP contribution is -2.44. The predicted octanol–water partition coefficient (Wildman–Crippen LogP) is 4.04. The van der Waals surface area contributed by atoms with Crippen LogP contribution in [0, 0.1) is 0 Å². The first-order valence-electron chi connectivity index (χ1n) is 12.1. The zero-order valence-electron chi connectivity index (χ0n) is 21.3. The number of ether oxygens (including phenoxy) is 1. The molecule has 13 heteroatoms. The van der Waals surface area contributed by atoms with E-state index < -0.39 is 14.6 Å². The summed E-state index contributed by atoms with van der Waals surface area (Å²) in [5, 5.41) is 3.48. The molecule has 39 heavy (non-hydrogen) atoms. The summed E-state index contributed by atoms with van der Waals surface area (Å²) >= 11 is 6.41. The molecule has 0 bridgehead atoms. The van der Waals surface area contributed by atoms with Crippen LogP contribution in [0.5, 0.6) is 5.75 Å². The van der Waals surface area contributed by atoms with Crippen LogP contribution in [-0.2, 0) is 20.3 Å². The van der Waals surface area contributed by atoms with Crippen LogP contribution in [-0.4, -0.2) is 70.5 Å². The third-order valence-corrected chi connectivity index (χ3v) is 6.76. The van der Waals surface area contributed by atoms with Crippen molar-refractivity contribution in [2.45, 2.75) is 6.42 Å². The van der Waals surface area contributed by atoms with Gasteiger partial charge < -0.3 is 29.6 Å². The Labute approximate surface area is 231 Å². The number of nitrogens with one attached hydrogen (secondary N) is 1. The van der Waals surface area contributed by atoms with Gasteiger partial charge in [0.15, 0.2) is 12.6 Å². The SMILES string of the molecule is C=CC(=O)Cc1cccc(-c2nc(Nc3ccc(N4CCN(C)CC4)c(OCOP(=O)(O)O)c3)ncc2Cl)c1. The summed E-state index contributed by atoms with van der Waals surface area (Å²) < 4.78 is 21.3. The van der Waals surface area contributed by atoms with E-state index in [4.69, 9.17) is 26.1 Å². The van der Waals surface area contributed by atoms with Crippen molar-refractivity contribution in [1.29, 1.82) is 0 Å². The summed E-state index contributed by atoms with van der Waals surface area (Å²) in [7, 11) is -2.65. The monoisotopic (exact) mass is 573 g/mol. The number of likely N-dealkylation sites (N-methyl/N-ethyl adjacent to an activating group) is 1. The van der Waals surface area contributed by atoms with Crippen LogP contribution in [0.1, 0.15) is 5.56 Å². The number of carbonyl (C=O) groups excluding carboxylic acids is 1. The Morgan fingerprint density at radius 2 is 1.97 bits per heavy atom. The van der Waals surface area contributed by atoms with Gasteiger partial charge in [0.1, 0.15) is 5.75 Å². The number of hydrogen-bond acceptors (Lipinski definition) is 9. The van der Waals surface area contributed by atoms with Gasteiger partial charge in [0, 0.05) is 49.9 Å². The Bertz CT molecular complexity index is 1390. The molecule has 4 rings (SSSR count). The van der Waals surface area contributed by atoms with Gasteiger partial charge in [-0.05, 0) is 36.9 Å². The smallest absolute Gasteiger partial charge is 0.465 e. The van der Waals surface area contributed by atoms with Crippen molar-refractivity contribution in [1.82, 2.24) is 14.9 Å². The fourth-order valence-corrected chi connectivity index (χ4v) is 4.43. The second kappa shape index (κ2) is 12.7. The highest BCUT2D eigenvalue weighted by Crippen LogP contribution is 2.38. The van der Waals surface area contributed by atoms with Crippen LogP contribution in [0.3, 0.4) is 0 Å². The highest BCUT2D eigenvalue weighted by molar-refractivity contribution is 7.46. The molecule has 1 saturated heterocycles. The van der Waals surface area contributed by atoms with Crippen molar-refractivity contribution >= 4 is 42.5 Å². The molecule has 206 valence electrons. The van der Waals surface area contributed by atoms with Gasteiger partial charge in [-0.3, -0.25) is 4.79 Å². The van der Waals surface area contributed by atoms with E-state index in [1.165, 1.54) is 12.3 Å². The predicted molar refractivity (Wildman–Crippen MR) is 149 cm³/mol. The maximum Gasteiger partial charge on any atom is 0.472 e. The molecule has 1 aromatic heterocycles. The lowest BCUT2D eigenvalue weighted by molar-refractivity contribution is -0.114. The summed E-state index contributed by atoms with van der Waals surface area (Å²) in [6.07, 6.45) is 2.99. The molecule has 2 aromatic carbocycles. The van der Waals surface area contributed by atoms with Gasteiger partial charge in [0.2, 0.25) is 5.95 Å². The maximum atomic E-state index is 11.8. The summed E-state index contributed by atoms with van der Waals surface area (Å²) in [6, 6.07) is 12.7. The van der Waals surface area contributed by atoms with Crippen LogP contribution in [0.25, 0.3) is 11.3 Å². The molecule has 0 amide bonds. The molecule has 0 atom stereocenters. The lowest BCUT2D eigenvalue weighted by atomic mass is 10.0. The van der Waals surface area contributed by atoms with E-state index in [0.717, 1.165) is 43.0 Å². The van der Waals surface area contributed by atoms with Gasteiger partial charge in [0.05, 0.1) is 22.6 Å². The van der Waals surface area contributed by atoms with Crippen molar-refractivity contribution in [2.24, 2.45) is 0 Å². The standard InChI is InChI=1S/C26H29ClN5O6P/c1-3-21(33)14-18-5-4-6-19(13-18)25-22(27)16-28-26(30-25)29-20-7-8-23(32-11-9-31(2)10-12-32)24(15-20)37-17-38-39(34,35)36/h3-8,13,15-16H,1,9-12,14,17H2,2H3,(H,28,29,30)(H2,34,35,36). The van der Waals surface area contributed by atoms with Gasteiger partial charge in [0.25, 0.3) is 0 Å². The number of rotatable bonds is 11. The minimum atomic E-state index is -4.69. The number of nitrogens with zero attached hydrogens (tertiary/aromatic N) is 4. The lowest BCUT2D eigenvalue weighted by Gasteiger charge is -2.35. The molecule has 2 heterocycles. The van der Waals surface area contributed by atoms with Crippen LogP contribution < -0.4 is 15.0 Å². The highest BCUT2D eigenvalue weighted by atomic mass is 35.5. The van der Waals surface area contributed by atoms with Crippen LogP contribution in [0.2, 0.25) is 5.02 Å². The van der Waals surface area contributed by atoms with Crippen LogP contribution in [0.4, 0.5) is 17.3 Å². The number of anilines is 3. The Kier molecular flexibility index (Phi) is 9.34. The number of phosphoric ester groups is 1. The van der Waals surface area contributed by atoms with Crippen LogP contribution in [0.15, 0.2) is 61.3 Å². The first-order valence-corrected chi connectivity index (χ1v) is 14.0. The molecule has 0 radical (unpaired) electrons. The number of hydrogen-bond donors (Lipinski definition) is 3.